The molecule has 122 valence electrons. The summed E-state index contributed by atoms with van der Waals surface area (Å²) in [5.74, 6) is 0.713. The van der Waals surface area contributed by atoms with E-state index in [1.54, 1.807) is 4.90 Å². The Kier molecular flexibility index (Phi) is 6.30. The van der Waals surface area contributed by atoms with E-state index in [4.69, 9.17) is 0 Å². The highest BCUT2D eigenvalue weighted by Crippen LogP contribution is 2.13. The average molecular weight is 296 g/mol. The Hall–Kier alpha value is -0.810. The molecule has 2 fully saturated rings. The Bertz CT molecular complexity index is 320. The first-order chi connectivity index (χ1) is 10.1. The lowest BCUT2D eigenvalue weighted by molar-refractivity contribution is 0.151. The summed E-state index contributed by atoms with van der Waals surface area (Å²) in [4.78, 5) is 18.1. The van der Waals surface area contributed by atoms with Crippen molar-refractivity contribution in [3.8, 4) is 0 Å². The highest BCUT2D eigenvalue weighted by atomic mass is 16.2. The van der Waals surface area contributed by atoms with Gasteiger partial charge in [0.25, 0.3) is 0 Å². The highest BCUT2D eigenvalue weighted by molar-refractivity contribution is 5.73. The van der Waals surface area contributed by atoms with Gasteiger partial charge in [0.2, 0.25) is 0 Å². The van der Waals surface area contributed by atoms with E-state index in [0.29, 0.717) is 12.0 Å². The average Bonchev–Trinajstić information content (AvgIpc) is 2.97. The van der Waals surface area contributed by atoms with Crippen molar-refractivity contribution in [1.82, 2.24) is 20.0 Å². The molecule has 0 aromatic heterocycles. The molecule has 2 amide bonds. The summed E-state index contributed by atoms with van der Waals surface area (Å²) >= 11 is 0. The third kappa shape index (κ3) is 5.15. The molecule has 2 heterocycles. The van der Waals surface area contributed by atoms with Crippen molar-refractivity contribution < 1.29 is 4.79 Å². The van der Waals surface area contributed by atoms with Gasteiger partial charge in [-0.25, -0.2) is 4.79 Å². The van der Waals surface area contributed by atoms with Crippen molar-refractivity contribution in [3.63, 3.8) is 0 Å². The van der Waals surface area contributed by atoms with Crippen LogP contribution in [0.25, 0.3) is 0 Å². The van der Waals surface area contributed by atoms with Gasteiger partial charge in [-0.2, -0.15) is 0 Å². The summed E-state index contributed by atoms with van der Waals surface area (Å²) in [7, 11) is 3.65. The van der Waals surface area contributed by atoms with E-state index in [1.165, 1.54) is 32.5 Å². The molecule has 21 heavy (non-hydrogen) atoms. The van der Waals surface area contributed by atoms with E-state index in [2.05, 4.69) is 17.1 Å². The molecule has 0 saturated carbocycles. The maximum Gasteiger partial charge on any atom is 0.319 e. The number of nitrogens with zero attached hydrogens (tertiary/aromatic N) is 3. The smallest absolute Gasteiger partial charge is 0.319 e. The number of hydrogen-bond acceptors (Lipinski definition) is 3. The SMILES string of the molecule is CC(CNC1CCN(C(=O)N(C)C)CC1)CN1CCCC1. The summed E-state index contributed by atoms with van der Waals surface area (Å²) in [6.45, 7) is 9.01. The van der Waals surface area contributed by atoms with Crippen LogP contribution in [0, 0.1) is 5.92 Å². The van der Waals surface area contributed by atoms with Crippen LogP contribution in [0.1, 0.15) is 32.6 Å². The lowest BCUT2D eigenvalue weighted by Crippen LogP contribution is -2.48. The van der Waals surface area contributed by atoms with E-state index in [9.17, 15) is 4.79 Å². The number of nitrogens with one attached hydrogen (secondary N) is 1. The number of hydrogen-bond donors (Lipinski definition) is 1. The van der Waals surface area contributed by atoms with Gasteiger partial charge in [-0.15, -0.1) is 0 Å². The minimum atomic E-state index is 0.149. The Morgan fingerprint density at radius 2 is 1.81 bits per heavy atom. The predicted octanol–water partition coefficient (Wildman–Crippen LogP) is 1.45. The van der Waals surface area contributed by atoms with E-state index in [-0.39, 0.29) is 6.03 Å². The molecule has 1 unspecified atom stereocenters. The fraction of sp³-hybridized carbons (Fsp3) is 0.938. The number of urea groups is 1. The number of amides is 2. The van der Waals surface area contributed by atoms with E-state index >= 15 is 0 Å². The molecule has 2 saturated heterocycles. The Balaban J connectivity index is 1.61. The molecule has 5 nitrogen and oxygen atoms in total. The minimum absolute atomic E-state index is 0.149. The number of carbonyl (C=O) groups excluding carboxylic acids is 1. The molecule has 0 aliphatic carbocycles. The molecule has 0 aromatic carbocycles. The first-order valence-electron chi connectivity index (χ1n) is 8.48. The lowest BCUT2D eigenvalue weighted by Gasteiger charge is -2.34. The maximum absolute atomic E-state index is 11.9. The van der Waals surface area contributed by atoms with Gasteiger partial charge in [0.05, 0.1) is 0 Å². The lowest BCUT2D eigenvalue weighted by atomic mass is 10.0. The molecule has 2 rings (SSSR count). The first kappa shape index (κ1) is 16.6. The third-order valence-corrected chi connectivity index (χ3v) is 4.67. The largest absolute Gasteiger partial charge is 0.331 e. The van der Waals surface area contributed by atoms with Crippen molar-refractivity contribution in [1.29, 1.82) is 0 Å². The third-order valence-electron chi connectivity index (χ3n) is 4.67. The quantitative estimate of drug-likeness (QED) is 0.835. The zero-order valence-electron chi connectivity index (χ0n) is 14.0. The van der Waals surface area contributed by atoms with Crippen LogP contribution in [0.3, 0.4) is 0 Å². The number of likely N-dealkylation sites (tertiary alicyclic amines) is 2. The summed E-state index contributed by atoms with van der Waals surface area (Å²) in [5.41, 5.74) is 0. The number of rotatable bonds is 5. The molecule has 0 aromatic rings. The van der Waals surface area contributed by atoms with Crippen molar-refractivity contribution in [3.05, 3.63) is 0 Å². The van der Waals surface area contributed by atoms with Gasteiger partial charge >= 0.3 is 6.03 Å². The molecule has 0 bridgehead atoms. The van der Waals surface area contributed by atoms with E-state index in [0.717, 1.165) is 32.5 Å². The van der Waals surface area contributed by atoms with Crippen LogP contribution in [-0.2, 0) is 0 Å². The fourth-order valence-electron chi connectivity index (χ4n) is 3.40. The Morgan fingerprint density at radius 3 is 2.38 bits per heavy atom. The normalized spacial score (nSPS) is 22.5. The summed E-state index contributed by atoms with van der Waals surface area (Å²) in [6, 6.07) is 0.730. The maximum atomic E-state index is 11.9. The van der Waals surface area contributed by atoms with Crippen molar-refractivity contribution in [2.45, 2.75) is 38.6 Å². The van der Waals surface area contributed by atoms with Crippen LogP contribution in [0.15, 0.2) is 0 Å². The summed E-state index contributed by atoms with van der Waals surface area (Å²) < 4.78 is 0. The molecule has 1 N–H and O–H groups in total. The van der Waals surface area contributed by atoms with Crippen LogP contribution in [0.2, 0.25) is 0 Å². The molecular formula is C16H32N4O. The Labute approximate surface area is 129 Å². The van der Waals surface area contributed by atoms with E-state index < -0.39 is 0 Å². The topological polar surface area (TPSA) is 38.8 Å². The number of carbonyl (C=O) groups is 1. The van der Waals surface area contributed by atoms with Gasteiger partial charge < -0.3 is 20.0 Å². The minimum Gasteiger partial charge on any atom is -0.331 e. The van der Waals surface area contributed by atoms with Gasteiger partial charge in [0.1, 0.15) is 0 Å². The standard InChI is InChI=1S/C16H32N4O/c1-14(13-19-8-4-5-9-19)12-17-15-6-10-20(11-7-15)16(21)18(2)3/h14-15,17H,4-13H2,1-3H3. The monoisotopic (exact) mass is 296 g/mol. The summed E-state index contributed by atoms with van der Waals surface area (Å²) in [5, 5.41) is 3.71. The van der Waals surface area contributed by atoms with Crippen molar-refractivity contribution >= 4 is 6.03 Å². The van der Waals surface area contributed by atoms with Crippen LogP contribution < -0.4 is 5.32 Å². The highest BCUT2D eigenvalue weighted by Gasteiger charge is 2.24. The molecule has 0 spiro atoms. The van der Waals surface area contributed by atoms with Crippen LogP contribution in [-0.4, -0.2) is 80.1 Å². The van der Waals surface area contributed by atoms with Gasteiger partial charge in [-0.05, 0) is 51.2 Å². The van der Waals surface area contributed by atoms with Gasteiger partial charge in [0.15, 0.2) is 0 Å². The second-order valence-electron chi connectivity index (χ2n) is 6.96. The molecule has 1 atom stereocenters. The van der Waals surface area contributed by atoms with Crippen LogP contribution in [0.4, 0.5) is 4.79 Å². The summed E-state index contributed by atoms with van der Waals surface area (Å²) in [6.07, 6.45) is 4.91. The van der Waals surface area contributed by atoms with Gasteiger partial charge in [-0.1, -0.05) is 6.92 Å². The molecule has 0 radical (unpaired) electrons. The zero-order valence-corrected chi connectivity index (χ0v) is 14.0. The predicted molar refractivity (Wildman–Crippen MR) is 86.5 cm³/mol. The zero-order chi connectivity index (χ0) is 15.2. The molecule has 2 aliphatic heterocycles. The number of piperidine rings is 1. The van der Waals surface area contributed by atoms with E-state index in [1.807, 2.05) is 19.0 Å². The van der Waals surface area contributed by atoms with Crippen LogP contribution >= 0.6 is 0 Å². The second kappa shape index (κ2) is 7.99. The van der Waals surface area contributed by atoms with Crippen LogP contribution in [0.5, 0.6) is 0 Å². The fourth-order valence-corrected chi connectivity index (χ4v) is 3.40. The van der Waals surface area contributed by atoms with Gasteiger partial charge in [-0.3, -0.25) is 0 Å². The second-order valence-corrected chi connectivity index (χ2v) is 6.96. The van der Waals surface area contributed by atoms with Crippen molar-refractivity contribution in [2.75, 3.05) is 53.4 Å². The molecular weight excluding hydrogens is 264 g/mol. The molecule has 2 aliphatic rings. The van der Waals surface area contributed by atoms with Gasteiger partial charge in [0, 0.05) is 39.8 Å². The Morgan fingerprint density at radius 1 is 1.19 bits per heavy atom. The molecule has 5 heteroatoms. The first-order valence-corrected chi connectivity index (χ1v) is 8.48. The van der Waals surface area contributed by atoms with Crippen molar-refractivity contribution in [2.24, 2.45) is 5.92 Å².